The molecule has 0 aromatic carbocycles. The Morgan fingerprint density at radius 3 is 2.72 bits per heavy atom. The zero-order chi connectivity index (χ0) is 12.5. The van der Waals surface area contributed by atoms with Crippen molar-refractivity contribution in [2.24, 2.45) is 0 Å². The molecule has 0 aliphatic heterocycles. The summed E-state index contributed by atoms with van der Waals surface area (Å²) in [7, 11) is 0. The van der Waals surface area contributed by atoms with Crippen LogP contribution in [0.25, 0.3) is 0 Å². The maximum atomic E-state index is 5.57. The van der Waals surface area contributed by atoms with Crippen molar-refractivity contribution in [1.82, 2.24) is 20.4 Å². The van der Waals surface area contributed by atoms with E-state index in [1.807, 2.05) is 13.8 Å². The van der Waals surface area contributed by atoms with Gasteiger partial charge in [0.05, 0.1) is 5.54 Å². The number of thiazole rings is 1. The van der Waals surface area contributed by atoms with Crippen molar-refractivity contribution in [1.29, 1.82) is 0 Å². The van der Waals surface area contributed by atoms with Gasteiger partial charge in [0.25, 0.3) is 0 Å². The predicted octanol–water partition coefficient (Wildman–Crippen LogP) is 1.86. The second-order valence-electron chi connectivity index (χ2n) is 4.28. The van der Waals surface area contributed by atoms with Gasteiger partial charge >= 0.3 is 0 Å². The second-order valence-corrected chi connectivity index (χ2v) is 5.43. The van der Waals surface area contributed by atoms with Gasteiger partial charge in [-0.15, -0.1) is 23.7 Å². The minimum absolute atomic E-state index is 0. The molecule has 8 heteroatoms. The lowest BCUT2D eigenvalue weighted by Gasteiger charge is -2.21. The van der Waals surface area contributed by atoms with Gasteiger partial charge in [-0.05, 0) is 13.8 Å². The van der Waals surface area contributed by atoms with Crippen LogP contribution in [0, 0.1) is 6.92 Å². The van der Waals surface area contributed by atoms with Gasteiger partial charge in [-0.1, -0.05) is 5.16 Å². The van der Waals surface area contributed by atoms with Crippen LogP contribution in [0.3, 0.4) is 0 Å². The quantitative estimate of drug-likeness (QED) is 0.893. The van der Waals surface area contributed by atoms with Crippen LogP contribution in [0.1, 0.15) is 30.4 Å². The summed E-state index contributed by atoms with van der Waals surface area (Å²) in [6.07, 6.45) is 1.77. The highest BCUT2D eigenvalue weighted by atomic mass is 35.5. The zero-order valence-electron chi connectivity index (χ0n) is 10.4. The topological polar surface area (TPSA) is 89.9 Å². The monoisotopic (exact) mass is 289 g/mol. The Balaban J connectivity index is 0.00000162. The number of aromatic nitrogens is 3. The molecule has 100 valence electrons. The van der Waals surface area contributed by atoms with E-state index in [2.05, 4.69) is 20.4 Å². The first-order valence-corrected chi connectivity index (χ1v) is 6.05. The van der Waals surface area contributed by atoms with Gasteiger partial charge in [-0.25, -0.2) is 4.98 Å². The highest BCUT2D eigenvalue weighted by Crippen LogP contribution is 2.19. The molecule has 2 rings (SSSR count). The van der Waals surface area contributed by atoms with Crippen molar-refractivity contribution in [3.63, 3.8) is 0 Å². The number of nitrogens with zero attached hydrogens (tertiary/aromatic N) is 3. The van der Waals surface area contributed by atoms with Gasteiger partial charge in [0.2, 0.25) is 5.89 Å². The number of halogens is 1. The maximum Gasteiger partial charge on any atom is 0.223 e. The molecule has 6 nitrogen and oxygen atoms in total. The van der Waals surface area contributed by atoms with E-state index in [0.29, 0.717) is 23.4 Å². The molecule has 0 aliphatic carbocycles. The molecule has 0 fully saturated rings. The van der Waals surface area contributed by atoms with Crippen LogP contribution < -0.4 is 11.1 Å². The third-order valence-corrected chi connectivity index (χ3v) is 3.19. The zero-order valence-corrected chi connectivity index (χ0v) is 12.1. The van der Waals surface area contributed by atoms with Crippen molar-refractivity contribution in [3.8, 4) is 0 Å². The normalized spacial score (nSPS) is 11.3. The minimum atomic E-state index is -0.351. The van der Waals surface area contributed by atoms with Gasteiger partial charge < -0.3 is 15.6 Å². The number of nitrogen functional groups attached to an aromatic ring is 1. The molecule has 0 atom stereocenters. The molecule has 2 aromatic heterocycles. The molecule has 18 heavy (non-hydrogen) atoms. The Kier molecular flexibility index (Phi) is 4.66. The SMILES string of the molecule is Cc1nc(C(C)(C)NCc2cnc(N)s2)no1.Cl. The van der Waals surface area contributed by atoms with Gasteiger partial charge in [-0.2, -0.15) is 4.98 Å². The summed E-state index contributed by atoms with van der Waals surface area (Å²) in [5.41, 5.74) is 5.22. The average Bonchev–Trinajstić information content (AvgIpc) is 2.85. The molecule has 0 aliphatic rings. The Morgan fingerprint density at radius 2 is 2.22 bits per heavy atom. The molecule has 0 amide bonds. The Labute approximate surface area is 115 Å². The summed E-state index contributed by atoms with van der Waals surface area (Å²) in [6, 6.07) is 0. The lowest BCUT2D eigenvalue weighted by molar-refractivity contribution is 0.338. The van der Waals surface area contributed by atoms with Gasteiger partial charge in [-0.3, -0.25) is 0 Å². The Hall–Kier alpha value is -1.18. The summed E-state index contributed by atoms with van der Waals surface area (Å²) in [5, 5.41) is 7.85. The molecule has 2 heterocycles. The van der Waals surface area contributed by atoms with Gasteiger partial charge in [0.1, 0.15) is 0 Å². The van der Waals surface area contributed by atoms with E-state index in [1.54, 1.807) is 13.1 Å². The third-order valence-electron chi connectivity index (χ3n) is 2.36. The fourth-order valence-corrected chi connectivity index (χ4v) is 1.97. The van der Waals surface area contributed by atoms with Crippen LogP contribution in [-0.2, 0) is 12.1 Å². The van der Waals surface area contributed by atoms with Crippen LogP contribution in [0.4, 0.5) is 5.13 Å². The smallest absolute Gasteiger partial charge is 0.223 e. The first-order chi connectivity index (χ1) is 7.97. The van der Waals surface area contributed by atoms with Crippen LogP contribution in [0.15, 0.2) is 10.7 Å². The number of anilines is 1. The van der Waals surface area contributed by atoms with Crippen LogP contribution >= 0.6 is 23.7 Å². The number of aryl methyl sites for hydroxylation is 1. The number of hydrogen-bond acceptors (Lipinski definition) is 7. The van der Waals surface area contributed by atoms with Crippen LogP contribution in [0.5, 0.6) is 0 Å². The maximum absolute atomic E-state index is 5.57. The number of nitrogens with one attached hydrogen (secondary N) is 1. The van der Waals surface area contributed by atoms with E-state index in [9.17, 15) is 0 Å². The van der Waals surface area contributed by atoms with Gasteiger partial charge in [0, 0.05) is 24.5 Å². The standard InChI is InChI=1S/C10H15N5OS.ClH/c1-6-14-8(15-16-6)10(2,3)13-5-7-4-12-9(11)17-7;/h4,13H,5H2,1-3H3,(H2,11,12);1H. The van der Waals surface area contributed by atoms with Crippen molar-refractivity contribution in [2.45, 2.75) is 32.9 Å². The Bertz CT molecular complexity index is 510. The molecule has 2 aromatic rings. The predicted molar refractivity (Wildman–Crippen MR) is 72.7 cm³/mol. The van der Waals surface area contributed by atoms with E-state index in [1.165, 1.54) is 11.3 Å². The molecule has 3 N–H and O–H groups in total. The summed E-state index contributed by atoms with van der Waals surface area (Å²) < 4.78 is 4.98. The van der Waals surface area contributed by atoms with Crippen molar-refractivity contribution >= 4 is 28.9 Å². The summed E-state index contributed by atoms with van der Waals surface area (Å²) in [6.45, 7) is 6.45. The lowest BCUT2D eigenvalue weighted by atomic mass is 10.1. The molecule has 0 bridgehead atoms. The fraction of sp³-hybridized carbons (Fsp3) is 0.500. The van der Waals surface area contributed by atoms with Crippen molar-refractivity contribution in [2.75, 3.05) is 5.73 Å². The van der Waals surface area contributed by atoms with Crippen molar-refractivity contribution < 1.29 is 4.52 Å². The first kappa shape index (κ1) is 14.9. The molecule has 0 spiro atoms. The van der Waals surface area contributed by atoms with E-state index < -0.39 is 0 Å². The molecule has 0 radical (unpaired) electrons. The number of rotatable bonds is 4. The molecule has 0 unspecified atom stereocenters. The summed E-state index contributed by atoms with van der Waals surface area (Å²) >= 11 is 1.47. The molecular weight excluding hydrogens is 274 g/mol. The number of nitrogens with two attached hydrogens (primary N) is 1. The van der Waals surface area contributed by atoms with Gasteiger partial charge in [0.15, 0.2) is 11.0 Å². The van der Waals surface area contributed by atoms with Crippen molar-refractivity contribution in [3.05, 3.63) is 22.8 Å². The fourth-order valence-electron chi connectivity index (χ4n) is 1.34. The molecule has 0 saturated carbocycles. The second kappa shape index (κ2) is 5.64. The third kappa shape index (κ3) is 3.41. The van der Waals surface area contributed by atoms with E-state index >= 15 is 0 Å². The highest BCUT2D eigenvalue weighted by molar-refractivity contribution is 7.15. The van der Waals surface area contributed by atoms with Crippen LogP contribution in [-0.4, -0.2) is 15.1 Å². The largest absolute Gasteiger partial charge is 0.375 e. The summed E-state index contributed by atoms with van der Waals surface area (Å²) in [4.78, 5) is 9.30. The van der Waals surface area contributed by atoms with Crippen LogP contribution in [0.2, 0.25) is 0 Å². The Morgan fingerprint density at radius 1 is 1.50 bits per heavy atom. The summed E-state index contributed by atoms with van der Waals surface area (Å²) in [5.74, 6) is 1.21. The lowest BCUT2D eigenvalue weighted by Crippen LogP contribution is -2.36. The van der Waals surface area contributed by atoms with E-state index in [4.69, 9.17) is 10.3 Å². The average molecular weight is 290 g/mol. The molecular formula is C10H16ClN5OS. The van der Waals surface area contributed by atoms with E-state index in [-0.39, 0.29) is 17.9 Å². The minimum Gasteiger partial charge on any atom is -0.375 e. The van der Waals surface area contributed by atoms with E-state index in [0.717, 1.165) is 4.88 Å². The molecule has 0 saturated heterocycles. The first-order valence-electron chi connectivity index (χ1n) is 5.23. The number of hydrogen-bond donors (Lipinski definition) is 2. The highest BCUT2D eigenvalue weighted by Gasteiger charge is 2.25.